The molecule has 0 aliphatic heterocycles. The van der Waals surface area contributed by atoms with Crippen molar-refractivity contribution >= 4 is 5.69 Å². The Morgan fingerprint density at radius 1 is 1.16 bits per heavy atom. The summed E-state index contributed by atoms with van der Waals surface area (Å²) in [4.78, 5) is 0. The van der Waals surface area contributed by atoms with Gasteiger partial charge in [-0.05, 0) is 25.0 Å². The Morgan fingerprint density at radius 2 is 1.84 bits per heavy atom. The molecule has 1 aliphatic carbocycles. The minimum atomic E-state index is -4.72. The van der Waals surface area contributed by atoms with Gasteiger partial charge >= 0.3 is 6.36 Å². The maximum Gasteiger partial charge on any atom is 0.573 e. The summed E-state index contributed by atoms with van der Waals surface area (Å²) in [5, 5.41) is 12.8. The van der Waals surface area contributed by atoms with Crippen molar-refractivity contribution in [1.29, 1.82) is 0 Å². The maximum absolute atomic E-state index is 12.3. The summed E-state index contributed by atoms with van der Waals surface area (Å²) in [5.41, 5.74) is 0.255. The molecule has 0 spiro atoms. The molecule has 0 radical (unpaired) electrons. The first kappa shape index (κ1) is 14.0. The first-order valence-electron chi connectivity index (χ1n) is 6.25. The average Bonchev–Trinajstić information content (AvgIpc) is 2.33. The predicted octanol–water partition coefficient (Wildman–Crippen LogP) is 3.30. The van der Waals surface area contributed by atoms with E-state index in [0.29, 0.717) is 6.42 Å². The molecule has 0 heterocycles. The van der Waals surface area contributed by atoms with Crippen molar-refractivity contribution in [3.63, 3.8) is 0 Å². The van der Waals surface area contributed by atoms with Gasteiger partial charge in [-0.1, -0.05) is 25.0 Å². The van der Waals surface area contributed by atoms with E-state index in [4.69, 9.17) is 0 Å². The highest BCUT2D eigenvalue weighted by Crippen LogP contribution is 2.32. The zero-order chi connectivity index (χ0) is 13.9. The molecule has 106 valence electrons. The largest absolute Gasteiger partial charge is 0.573 e. The van der Waals surface area contributed by atoms with Crippen LogP contribution in [0.2, 0.25) is 0 Å². The van der Waals surface area contributed by atoms with Gasteiger partial charge in [-0.2, -0.15) is 0 Å². The van der Waals surface area contributed by atoms with E-state index in [1.54, 1.807) is 6.07 Å². The number of rotatable bonds is 3. The van der Waals surface area contributed by atoms with E-state index in [2.05, 4.69) is 10.1 Å². The molecule has 0 bridgehead atoms. The van der Waals surface area contributed by atoms with Crippen molar-refractivity contribution in [3.8, 4) is 5.75 Å². The fourth-order valence-electron chi connectivity index (χ4n) is 2.28. The van der Waals surface area contributed by atoms with Crippen LogP contribution in [-0.2, 0) is 0 Å². The van der Waals surface area contributed by atoms with Crippen LogP contribution < -0.4 is 10.1 Å². The summed E-state index contributed by atoms with van der Waals surface area (Å²) >= 11 is 0. The molecule has 1 aromatic carbocycles. The smallest absolute Gasteiger partial charge is 0.404 e. The van der Waals surface area contributed by atoms with E-state index in [-0.39, 0.29) is 17.5 Å². The number of para-hydroxylation sites is 2. The lowest BCUT2D eigenvalue weighted by Crippen LogP contribution is -2.36. The Hall–Kier alpha value is -1.43. The number of aliphatic hydroxyl groups excluding tert-OH is 1. The van der Waals surface area contributed by atoms with Gasteiger partial charge in [-0.25, -0.2) is 0 Å². The van der Waals surface area contributed by atoms with Crippen LogP contribution in [0.1, 0.15) is 25.7 Å². The van der Waals surface area contributed by atoms with Gasteiger partial charge in [-0.3, -0.25) is 0 Å². The molecule has 6 heteroatoms. The number of hydrogen-bond acceptors (Lipinski definition) is 3. The zero-order valence-electron chi connectivity index (χ0n) is 10.3. The van der Waals surface area contributed by atoms with Crippen LogP contribution >= 0.6 is 0 Å². The van der Waals surface area contributed by atoms with Gasteiger partial charge < -0.3 is 15.2 Å². The monoisotopic (exact) mass is 275 g/mol. The number of aliphatic hydroxyl groups is 1. The number of benzene rings is 1. The molecule has 1 aromatic rings. The Labute approximate surface area is 109 Å². The van der Waals surface area contributed by atoms with Crippen molar-refractivity contribution in [1.82, 2.24) is 0 Å². The normalized spacial score (nSPS) is 24.0. The maximum atomic E-state index is 12.3. The number of ether oxygens (including phenoxy) is 1. The number of nitrogens with one attached hydrogen (secondary N) is 1. The second-order valence-corrected chi connectivity index (χ2v) is 4.65. The van der Waals surface area contributed by atoms with Crippen LogP contribution in [0, 0.1) is 0 Å². The average molecular weight is 275 g/mol. The molecular formula is C13H16F3NO2. The van der Waals surface area contributed by atoms with E-state index < -0.39 is 12.5 Å². The van der Waals surface area contributed by atoms with Crippen molar-refractivity contribution in [2.45, 2.75) is 44.2 Å². The topological polar surface area (TPSA) is 41.5 Å². The standard InChI is InChI=1S/C13H16F3NO2/c14-13(15,16)19-12-8-4-2-6-10(12)17-9-5-1-3-7-11(9)18/h2,4,6,8-9,11,17-18H,1,3,5,7H2/t9-,11-/m1/s1. The number of hydrogen-bond donors (Lipinski definition) is 2. The number of alkyl halides is 3. The summed E-state index contributed by atoms with van der Waals surface area (Å²) in [7, 11) is 0. The van der Waals surface area contributed by atoms with Crippen molar-refractivity contribution in [3.05, 3.63) is 24.3 Å². The van der Waals surface area contributed by atoms with Crippen molar-refractivity contribution < 1.29 is 23.0 Å². The van der Waals surface area contributed by atoms with E-state index >= 15 is 0 Å². The van der Waals surface area contributed by atoms with Gasteiger partial charge in [0.2, 0.25) is 0 Å². The van der Waals surface area contributed by atoms with Crippen molar-refractivity contribution in [2.75, 3.05) is 5.32 Å². The molecule has 0 unspecified atom stereocenters. The van der Waals surface area contributed by atoms with Gasteiger partial charge in [0.05, 0.1) is 17.8 Å². The first-order valence-corrected chi connectivity index (χ1v) is 6.25. The minimum Gasteiger partial charge on any atom is -0.404 e. The molecule has 0 aromatic heterocycles. The molecule has 2 rings (SSSR count). The second kappa shape index (κ2) is 5.69. The summed E-state index contributed by atoms with van der Waals surface area (Å²) in [6.45, 7) is 0. The van der Waals surface area contributed by atoms with E-state index in [1.807, 2.05) is 0 Å². The molecule has 2 atom stereocenters. The Kier molecular flexibility index (Phi) is 4.19. The predicted molar refractivity (Wildman–Crippen MR) is 65.0 cm³/mol. The van der Waals surface area contributed by atoms with Gasteiger partial charge in [0.1, 0.15) is 0 Å². The molecule has 1 saturated carbocycles. The van der Waals surface area contributed by atoms with Crippen LogP contribution in [0.3, 0.4) is 0 Å². The number of halogens is 3. The van der Waals surface area contributed by atoms with Gasteiger partial charge in [-0.15, -0.1) is 13.2 Å². The molecule has 1 fully saturated rings. The lowest BCUT2D eigenvalue weighted by atomic mass is 9.92. The van der Waals surface area contributed by atoms with E-state index in [9.17, 15) is 18.3 Å². The highest BCUT2D eigenvalue weighted by molar-refractivity contribution is 5.57. The summed E-state index contributed by atoms with van der Waals surface area (Å²) in [5.74, 6) is -0.271. The molecule has 1 aliphatic rings. The van der Waals surface area contributed by atoms with E-state index in [1.165, 1.54) is 18.2 Å². The minimum absolute atomic E-state index is 0.230. The Morgan fingerprint density at radius 3 is 2.53 bits per heavy atom. The van der Waals surface area contributed by atoms with Gasteiger partial charge in [0.15, 0.2) is 5.75 Å². The zero-order valence-corrected chi connectivity index (χ0v) is 10.3. The third-order valence-electron chi connectivity index (χ3n) is 3.18. The summed E-state index contributed by atoms with van der Waals surface area (Å²) in [6, 6.07) is 5.64. The molecule has 3 nitrogen and oxygen atoms in total. The van der Waals surface area contributed by atoms with Gasteiger partial charge in [0.25, 0.3) is 0 Å². The van der Waals surface area contributed by atoms with Gasteiger partial charge in [0, 0.05) is 0 Å². The quantitative estimate of drug-likeness (QED) is 0.889. The van der Waals surface area contributed by atoms with Crippen LogP contribution in [-0.4, -0.2) is 23.6 Å². The van der Waals surface area contributed by atoms with Crippen LogP contribution in [0.4, 0.5) is 18.9 Å². The van der Waals surface area contributed by atoms with E-state index in [0.717, 1.165) is 19.3 Å². The fourth-order valence-corrected chi connectivity index (χ4v) is 2.28. The molecule has 19 heavy (non-hydrogen) atoms. The molecule has 0 amide bonds. The van der Waals surface area contributed by atoms with Crippen LogP contribution in [0.5, 0.6) is 5.75 Å². The van der Waals surface area contributed by atoms with Crippen LogP contribution in [0.25, 0.3) is 0 Å². The van der Waals surface area contributed by atoms with Crippen molar-refractivity contribution in [2.24, 2.45) is 0 Å². The highest BCUT2D eigenvalue weighted by atomic mass is 19.4. The third-order valence-corrected chi connectivity index (χ3v) is 3.18. The van der Waals surface area contributed by atoms with Crippen LogP contribution in [0.15, 0.2) is 24.3 Å². The Bertz CT molecular complexity index is 423. The molecular weight excluding hydrogens is 259 g/mol. The third kappa shape index (κ3) is 4.02. The first-order chi connectivity index (χ1) is 8.96. The highest BCUT2D eigenvalue weighted by Gasteiger charge is 2.32. The summed E-state index contributed by atoms with van der Waals surface area (Å²) < 4.78 is 40.8. The molecule has 2 N–H and O–H groups in total. The summed E-state index contributed by atoms with van der Waals surface area (Å²) in [6.07, 6.45) is -1.95. The number of anilines is 1. The second-order valence-electron chi connectivity index (χ2n) is 4.65. The lowest BCUT2D eigenvalue weighted by Gasteiger charge is -2.29. The fraction of sp³-hybridized carbons (Fsp3) is 0.538. The Balaban J connectivity index is 2.11. The SMILES string of the molecule is O[C@@H]1CCCC[C@H]1Nc1ccccc1OC(F)(F)F. The lowest BCUT2D eigenvalue weighted by molar-refractivity contribution is -0.274. The molecule has 0 saturated heterocycles.